The Kier molecular flexibility index (Phi) is 6.44. The minimum Gasteiger partial charge on any atom is -0.325 e. The van der Waals surface area contributed by atoms with Crippen molar-refractivity contribution in [1.29, 1.82) is 0 Å². The second-order valence-corrected chi connectivity index (χ2v) is 8.95. The molecule has 0 radical (unpaired) electrons. The molecule has 0 unspecified atom stereocenters. The number of aromatic nitrogens is 6. The summed E-state index contributed by atoms with van der Waals surface area (Å²) in [5, 5.41) is 16.4. The maximum Gasteiger partial charge on any atom is 0.350 e. The second-order valence-electron chi connectivity index (χ2n) is 8.01. The van der Waals surface area contributed by atoms with Gasteiger partial charge in [0.1, 0.15) is 5.82 Å². The number of aryl methyl sites for hydroxylation is 1. The van der Waals surface area contributed by atoms with Crippen LogP contribution in [0.5, 0.6) is 0 Å². The number of carbonyl (C=O) groups is 1. The maximum atomic E-state index is 12.6. The molecule has 2 aromatic carbocycles. The van der Waals surface area contributed by atoms with Crippen molar-refractivity contribution in [3.8, 4) is 0 Å². The quantitative estimate of drug-likeness (QED) is 0.339. The molecule has 3 aromatic heterocycles. The van der Waals surface area contributed by atoms with E-state index in [1.54, 1.807) is 18.3 Å². The van der Waals surface area contributed by atoms with Gasteiger partial charge in [0.2, 0.25) is 5.91 Å². The molecule has 1 N–H and O–H groups in total. The Morgan fingerprint density at radius 2 is 1.74 bits per heavy atom. The zero-order valence-electron chi connectivity index (χ0n) is 19.0. The number of rotatable bonds is 8. The number of thioether (sulfide) groups is 1. The summed E-state index contributed by atoms with van der Waals surface area (Å²) in [4.78, 5) is 25.2. The van der Waals surface area contributed by atoms with E-state index in [2.05, 4.69) is 20.6 Å². The van der Waals surface area contributed by atoms with Crippen molar-refractivity contribution in [2.75, 3.05) is 11.1 Å². The van der Waals surface area contributed by atoms with Crippen LogP contribution in [0.1, 0.15) is 17.0 Å². The van der Waals surface area contributed by atoms with E-state index in [1.165, 1.54) is 20.8 Å². The number of amides is 1. The lowest BCUT2D eigenvalue weighted by Crippen LogP contribution is -2.21. The fraction of sp³-hybridized carbons (Fsp3) is 0.160. The summed E-state index contributed by atoms with van der Waals surface area (Å²) < 4.78 is 4.91. The zero-order valence-corrected chi connectivity index (χ0v) is 19.9. The molecule has 0 spiro atoms. The molecule has 0 saturated carbocycles. The van der Waals surface area contributed by atoms with Crippen LogP contribution in [0.2, 0.25) is 0 Å². The highest BCUT2D eigenvalue weighted by Gasteiger charge is 2.13. The highest BCUT2D eigenvalue weighted by atomic mass is 32.2. The molecule has 0 aliphatic heterocycles. The second kappa shape index (κ2) is 9.98. The van der Waals surface area contributed by atoms with Crippen molar-refractivity contribution < 1.29 is 4.79 Å². The van der Waals surface area contributed by atoms with Gasteiger partial charge in [-0.15, -0.1) is 15.3 Å². The molecule has 1 amide bonds. The van der Waals surface area contributed by atoms with Gasteiger partial charge in [-0.3, -0.25) is 9.20 Å². The number of hydrogen-bond donors (Lipinski definition) is 1. The Hall–Kier alpha value is -4.18. The van der Waals surface area contributed by atoms with Crippen molar-refractivity contribution in [3.05, 3.63) is 106 Å². The SMILES string of the molecule is Cc1nnc(SCC(=O)Nc2cccc(Cn3nc4ccccn4c3=O)c2)n1Cc1ccccc1. The standard InChI is InChI=1S/C25H23N7O2S/c1-18-27-28-24(31(18)15-19-8-3-2-4-9-19)35-17-23(33)26-21-11-7-10-20(14-21)16-32-25(34)30-13-6-5-12-22(30)29-32/h2-14H,15-17H2,1H3,(H,26,33). The Labute approximate surface area is 205 Å². The first-order valence-electron chi connectivity index (χ1n) is 11.1. The molecule has 3 heterocycles. The first-order chi connectivity index (χ1) is 17.1. The molecular weight excluding hydrogens is 462 g/mol. The van der Waals surface area contributed by atoms with Crippen LogP contribution in [-0.2, 0) is 17.9 Å². The summed E-state index contributed by atoms with van der Waals surface area (Å²) in [5.41, 5.74) is 3.05. The number of anilines is 1. The minimum absolute atomic E-state index is 0.149. The van der Waals surface area contributed by atoms with Crippen molar-refractivity contribution in [1.82, 2.24) is 28.9 Å². The number of hydrogen-bond acceptors (Lipinski definition) is 6. The molecule has 10 heteroatoms. The summed E-state index contributed by atoms with van der Waals surface area (Å²) in [6.07, 6.45) is 1.69. The summed E-state index contributed by atoms with van der Waals surface area (Å²) in [7, 11) is 0. The van der Waals surface area contributed by atoms with Crippen LogP contribution in [-0.4, -0.2) is 40.6 Å². The molecule has 9 nitrogen and oxygen atoms in total. The lowest BCUT2D eigenvalue weighted by atomic mass is 10.2. The molecule has 0 aliphatic rings. The number of nitrogens with zero attached hydrogens (tertiary/aromatic N) is 6. The van der Waals surface area contributed by atoms with E-state index in [4.69, 9.17) is 0 Å². The van der Waals surface area contributed by atoms with Gasteiger partial charge in [-0.05, 0) is 42.3 Å². The summed E-state index contributed by atoms with van der Waals surface area (Å²) in [5.74, 6) is 0.846. The monoisotopic (exact) mass is 485 g/mol. The average Bonchev–Trinajstić information content (AvgIpc) is 3.38. The van der Waals surface area contributed by atoms with Gasteiger partial charge in [0.15, 0.2) is 10.8 Å². The summed E-state index contributed by atoms with van der Waals surface area (Å²) >= 11 is 1.34. The third kappa shape index (κ3) is 5.17. The normalized spacial score (nSPS) is 11.1. The van der Waals surface area contributed by atoms with Crippen LogP contribution in [0.3, 0.4) is 0 Å². The molecule has 0 aliphatic carbocycles. The smallest absolute Gasteiger partial charge is 0.325 e. The average molecular weight is 486 g/mol. The molecule has 0 fully saturated rings. The summed E-state index contributed by atoms with van der Waals surface area (Å²) in [6.45, 7) is 2.86. The number of nitrogens with one attached hydrogen (secondary N) is 1. The van der Waals surface area contributed by atoms with Crippen LogP contribution in [0, 0.1) is 6.92 Å². The fourth-order valence-electron chi connectivity index (χ4n) is 3.73. The van der Waals surface area contributed by atoms with E-state index in [9.17, 15) is 9.59 Å². The van der Waals surface area contributed by atoms with Gasteiger partial charge in [0.25, 0.3) is 0 Å². The van der Waals surface area contributed by atoms with E-state index in [1.807, 2.05) is 72.2 Å². The summed E-state index contributed by atoms with van der Waals surface area (Å²) in [6, 6.07) is 22.9. The van der Waals surface area contributed by atoms with Crippen LogP contribution < -0.4 is 11.0 Å². The van der Waals surface area contributed by atoms with E-state index < -0.39 is 0 Å². The van der Waals surface area contributed by atoms with Gasteiger partial charge in [-0.25, -0.2) is 9.48 Å². The largest absolute Gasteiger partial charge is 0.350 e. The molecule has 176 valence electrons. The fourth-order valence-corrected chi connectivity index (χ4v) is 4.52. The number of pyridine rings is 1. The lowest BCUT2D eigenvalue weighted by molar-refractivity contribution is -0.113. The van der Waals surface area contributed by atoms with Gasteiger partial charge >= 0.3 is 5.69 Å². The molecule has 0 atom stereocenters. The molecule has 5 aromatic rings. The van der Waals surface area contributed by atoms with E-state index in [0.29, 0.717) is 29.6 Å². The van der Waals surface area contributed by atoms with Gasteiger partial charge in [-0.1, -0.05) is 60.3 Å². The Bertz CT molecular complexity index is 1540. The van der Waals surface area contributed by atoms with Crippen molar-refractivity contribution in [2.24, 2.45) is 0 Å². The maximum absolute atomic E-state index is 12.6. The lowest BCUT2D eigenvalue weighted by Gasteiger charge is -2.09. The number of benzene rings is 2. The topological polar surface area (TPSA) is 99.1 Å². The first kappa shape index (κ1) is 22.6. The Morgan fingerprint density at radius 1 is 0.943 bits per heavy atom. The van der Waals surface area contributed by atoms with Crippen LogP contribution in [0.4, 0.5) is 5.69 Å². The van der Waals surface area contributed by atoms with Crippen LogP contribution in [0.15, 0.2) is 88.9 Å². The van der Waals surface area contributed by atoms with Gasteiger partial charge in [0, 0.05) is 11.9 Å². The van der Waals surface area contributed by atoms with E-state index >= 15 is 0 Å². The first-order valence-corrected chi connectivity index (χ1v) is 12.0. The highest BCUT2D eigenvalue weighted by molar-refractivity contribution is 7.99. The zero-order chi connectivity index (χ0) is 24.2. The van der Waals surface area contributed by atoms with Crippen molar-refractivity contribution >= 4 is 29.0 Å². The third-order valence-electron chi connectivity index (χ3n) is 5.45. The minimum atomic E-state index is -0.207. The molecule has 5 rings (SSSR count). The molecule has 0 saturated heterocycles. The molecular formula is C25H23N7O2S. The Balaban J connectivity index is 1.22. The molecule has 0 bridgehead atoms. The van der Waals surface area contributed by atoms with Crippen molar-refractivity contribution in [2.45, 2.75) is 25.2 Å². The van der Waals surface area contributed by atoms with Crippen LogP contribution >= 0.6 is 11.8 Å². The predicted molar refractivity (Wildman–Crippen MR) is 135 cm³/mol. The van der Waals surface area contributed by atoms with Gasteiger partial charge < -0.3 is 9.88 Å². The third-order valence-corrected chi connectivity index (χ3v) is 6.42. The molecule has 35 heavy (non-hydrogen) atoms. The predicted octanol–water partition coefficient (Wildman–Crippen LogP) is 3.22. The number of fused-ring (bicyclic) bond motifs is 1. The van der Waals surface area contributed by atoms with Gasteiger partial charge in [0.05, 0.1) is 18.8 Å². The van der Waals surface area contributed by atoms with E-state index in [0.717, 1.165) is 17.0 Å². The van der Waals surface area contributed by atoms with Crippen LogP contribution in [0.25, 0.3) is 5.65 Å². The van der Waals surface area contributed by atoms with Gasteiger partial charge in [-0.2, -0.15) is 0 Å². The number of carbonyl (C=O) groups excluding carboxylic acids is 1. The highest BCUT2D eigenvalue weighted by Crippen LogP contribution is 2.19. The van der Waals surface area contributed by atoms with E-state index in [-0.39, 0.29) is 17.3 Å². The van der Waals surface area contributed by atoms with Crippen molar-refractivity contribution in [3.63, 3.8) is 0 Å². The Morgan fingerprint density at radius 3 is 2.57 bits per heavy atom.